The van der Waals surface area contributed by atoms with Gasteiger partial charge >= 0.3 is 6.18 Å². The lowest BCUT2D eigenvalue weighted by molar-refractivity contribution is -0.137. The topological polar surface area (TPSA) is 23.8 Å². The first-order valence-corrected chi connectivity index (χ1v) is 5.60. The lowest BCUT2D eigenvalue weighted by Gasteiger charge is -2.10. The Hall–Kier alpha value is -2.28. The standard InChI is InChI=1S/C15H10F3N/c1-10-2-4-11(5-3-10)14-8-13(15(16,17)18)7-6-12(14)9-19/h2-8H,1H3. The highest BCUT2D eigenvalue weighted by atomic mass is 19.4. The van der Waals surface area contributed by atoms with Gasteiger partial charge in [-0.2, -0.15) is 18.4 Å². The Morgan fingerprint density at radius 2 is 1.63 bits per heavy atom. The Labute approximate surface area is 108 Å². The van der Waals surface area contributed by atoms with Gasteiger partial charge in [0.05, 0.1) is 17.2 Å². The molecule has 0 saturated heterocycles. The van der Waals surface area contributed by atoms with E-state index in [4.69, 9.17) is 5.26 Å². The molecule has 0 spiro atoms. The van der Waals surface area contributed by atoms with Crippen LogP contribution in [-0.2, 0) is 6.18 Å². The Morgan fingerprint density at radius 3 is 2.16 bits per heavy atom. The molecule has 2 aromatic rings. The summed E-state index contributed by atoms with van der Waals surface area (Å²) in [7, 11) is 0. The van der Waals surface area contributed by atoms with Crippen LogP contribution in [0.1, 0.15) is 16.7 Å². The molecule has 0 aliphatic carbocycles. The van der Waals surface area contributed by atoms with Crippen molar-refractivity contribution < 1.29 is 13.2 Å². The van der Waals surface area contributed by atoms with Gasteiger partial charge in [0.1, 0.15) is 0 Å². The molecular weight excluding hydrogens is 251 g/mol. The van der Waals surface area contributed by atoms with Crippen molar-refractivity contribution in [2.24, 2.45) is 0 Å². The van der Waals surface area contributed by atoms with Gasteiger partial charge in [0, 0.05) is 5.56 Å². The van der Waals surface area contributed by atoms with E-state index in [0.717, 1.165) is 17.7 Å². The van der Waals surface area contributed by atoms with Crippen LogP contribution in [0.3, 0.4) is 0 Å². The summed E-state index contributed by atoms with van der Waals surface area (Å²) in [5.41, 5.74) is 1.40. The summed E-state index contributed by atoms with van der Waals surface area (Å²) in [6, 6.07) is 12.1. The maximum absolute atomic E-state index is 12.7. The molecule has 0 amide bonds. The van der Waals surface area contributed by atoms with Gasteiger partial charge in [-0.1, -0.05) is 29.8 Å². The molecule has 2 rings (SSSR count). The predicted molar refractivity (Wildman–Crippen MR) is 66.3 cm³/mol. The molecule has 0 atom stereocenters. The molecule has 2 aromatic carbocycles. The molecule has 0 aliphatic rings. The molecule has 0 radical (unpaired) electrons. The van der Waals surface area contributed by atoms with Crippen molar-refractivity contribution in [3.63, 3.8) is 0 Å². The van der Waals surface area contributed by atoms with Gasteiger partial charge in [-0.3, -0.25) is 0 Å². The summed E-state index contributed by atoms with van der Waals surface area (Å²) in [5.74, 6) is 0. The third kappa shape index (κ3) is 2.76. The van der Waals surface area contributed by atoms with Crippen molar-refractivity contribution in [1.82, 2.24) is 0 Å². The van der Waals surface area contributed by atoms with Gasteiger partial charge in [0.25, 0.3) is 0 Å². The summed E-state index contributed by atoms with van der Waals surface area (Å²) >= 11 is 0. The SMILES string of the molecule is Cc1ccc(-c2cc(C(F)(F)F)ccc2C#N)cc1. The van der Waals surface area contributed by atoms with Gasteiger partial charge in [-0.15, -0.1) is 0 Å². The number of nitrogens with zero attached hydrogens (tertiary/aromatic N) is 1. The largest absolute Gasteiger partial charge is 0.416 e. The van der Waals surface area contributed by atoms with Crippen LogP contribution in [-0.4, -0.2) is 0 Å². The third-order valence-electron chi connectivity index (χ3n) is 2.83. The van der Waals surface area contributed by atoms with Crippen LogP contribution < -0.4 is 0 Å². The second kappa shape index (κ2) is 4.77. The molecule has 0 unspecified atom stereocenters. The van der Waals surface area contributed by atoms with E-state index in [-0.39, 0.29) is 5.56 Å². The van der Waals surface area contributed by atoms with Crippen molar-refractivity contribution in [2.45, 2.75) is 13.1 Å². The fourth-order valence-corrected chi connectivity index (χ4v) is 1.79. The number of alkyl halides is 3. The van der Waals surface area contributed by atoms with Gasteiger partial charge in [0.15, 0.2) is 0 Å². The third-order valence-corrected chi connectivity index (χ3v) is 2.83. The smallest absolute Gasteiger partial charge is 0.192 e. The van der Waals surface area contributed by atoms with Crippen LogP contribution in [0.5, 0.6) is 0 Å². The van der Waals surface area contributed by atoms with E-state index in [1.54, 1.807) is 24.3 Å². The van der Waals surface area contributed by atoms with E-state index in [0.29, 0.717) is 11.1 Å². The first kappa shape index (κ1) is 13.2. The molecule has 0 N–H and O–H groups in total. The van der Waals surface area contributed by atoms with Crippen molar-refractivity contribution in [2.75, 3.05) is 0 Å². The highest BCUT2D eigenvalue weighted by Crippen LogP contribution is 2.33. The first-order chi connectivity index (χ1) is 8.91. The summed E-state index contributed by atoms with van der Waals surface area (Å²) in [6.45, 7) is 1.89. The van der Waals surface area contributed by atoms with E-state index in [2.05, 4.69) is 0 Å². The average molecular weight is 261 g/mol. The van der Waals surface area contributed by atoms with E-state index < -0.39 is 11.7 Å². The molecular formula is C15H10F3N. The molecule has 0 saturated carbocycles. The lowest BCUT2D eigenvalue weighted by Crippen LogP contribution is -2.05. The van der Waals surface area contributed by atoms with Gasteiger partial charge in [-0.05, 0) is 30.7 Å². The zero-order chi connectivity index (χ0) is 14.0. The lowest BCUT2D eigenvalue weighted by atomic mass is 9.97. The Morgan fingerprint density at radius 1 is 1.00 bits per heavy atom. The summed E-state index contributed by atoms with van der Waals surface area (Å²) in [5, 5.41) is 9.00. The number of hydrogen-bond donors (Lipinski definition) is 0. The van der Waals surface area contributed by atoms with Gasteiger partial charge < -0.3 is 0 Å². The Bertz CT molecular complexity index is 634. The maximum Gasteiger partial charge on any atom is 0.416 e. The fourth-order valence-electron chi connectivity index (χ4n) is 1.79. The molecule has 0 aromatic heterocycles. The first-order valence-electron chi connectivity index (χ1n) is 5.60. The Balaban J connectivity index is 2.60. The van der Waals surface area contributed by atoms with Crippen LogP contribution in [0.4, 0.5) is 13.2 Å². The highest BCUT2D eigenvalue weighted by molar-refractivity contribution is 5.71. The van der Waals surface area contributed by atoms with E-state index in [1.807, 2.05) is 13.0 Å². The van der Waals surface area contributed by atoms with E-state index in [9.17, 15) is 13.2 Å². The number of nitriles is 1. The van der Waals surface area contributed by atoms with Crippen LogP contribution >= 0.6 is 0 Å². The van der Waals surface area contributed by atoms with Crippen LogP contribution in [0.2, 0.25) is 0 Å². The number of benzene rings is 2. The van der Waals surface area contributed by atoms with Gasteiger partial charge in [-0.25, -0.2) is 0 Å². The van der Waals surface area contributed by atoms with E-state index >= 15 is 0 Å². The van der Waals surface area contributed by atoms with Crippen molar-refractivity contribution in [1.29, 1.82) is 5.26 Å². The van der Waals surface area contributed by atoms with Crippen LogP contribution in [0, 0.1) is 18.3 Å². The quantitative estimate of drug-likeness (QED) is 0.738. The van der Waals surface area contributed by atoms with Crippen molar-refractivity contribution in [3.8, 4) is 17.2 Å². The molecule has 4 heteroatoms. The van der Waals surface area contributed by atoms with Crippen LogP contribution in [0.15, 0.2) is 42.5 Å². The average Bonchev–Trinajstić information content (AvgIpc) is 2.38. The van der Waals surface area contributed by atoms with Gasteiger partial charge in [0.2, 0.25) is 0 Å². The molecule has 0 fully saturated rings. The molecule has 0 aliphatic heterocycles. The number of rotatable bonds is 1. The molecule has 19 heavy (non-hydrogen) atoms. The summed E-state index contributed by atoms with van der Waals surface area (Å²) in [6.07, 6.45) is -4.41. The van der Waals surface area contributed by atoms with Crippen LogP contribution in [0.25, 0.3) is 11.1 Å². The minimum Gasteiger partial charge on any atom is -0.192 e. The second-order valence-corrected chi connectivity index (χ2v) is 4.24. The number of halogens is 3. The fraction of sp³-hybridized carbons (Fsp3) is 0.133. The predicted octanol–water partition coefficient (Wildman–Crippen LogP) is 4.55. The normalized spacial score (nSPS) is 11.1. The van der Waals surface area contributed by atoms with E-state index in [1.165, 1.54) is 6.07 Å². The summed E-state index contributed by atoms with van der Waals surface area (Å²) in [4.78, 5) is 0. The zero-order valence-electron chi connectivity index (χ0n) is 10.1. The van der Waals surface area contributed by atoms with Crippen molar-refractivity contribution in [3.05, 3.63) is 59.2 Å². The molecule has 96 valence electrons. The molecule has 0 heterocycles. The maximum atomic E-state index is 12.7. The minimum atomic E-state index is -4.41. The zero-order valence-corrected chi connectivity index (χ0v) is 10.1. The highest BCUT2D eigenvalue weighted by Gasteiger charge is 2.31. The minimum absolute atomic E-state index is 0.233. The van der Waals surface area contributed by atoms with Crippen molar-refractivity contribution >= 4 is 0 Å². The Kier molecular flexibility index (Phi) is 3.30. The number of aryl methyl sites for hydroxylation is 1. The summed E-state index contributed by atoms with van der Waals surface area (Å²) < 4.78 is 38.1. The molecule has 1 nitrogen and oxygen atoms in total. The second-order valence-electron chi connectivity index (χ2n) is 4.24. The number of hydrogen-bond acceptors (Lipinski definition) is 1. The monoisotopic (exact) mass is 261 g/mol. The molecule has 0 bridgehead atoms.